The van der Waals surface area contributed by atoms with Crippen molar-refractivity contribution in [2.24, 2.45) is 0 Å². The number of aliphatic hydroxyl groups is 1. The zero-order valence-corrected chi connectivity index (χ0v) is 11.2. The van der Waals surface area contributed by atoms with Crippen molar-refractivity contribution in [2.45, 2.75) is 69.4 Å². The fraction of sp³-hybridized carbons (Fsp3) is 0.929. The smallest absolute Gasteiger partial charge is 0.234 e. The Morgan fingerprint density at radius 3 is 2.44 bits per heavy atom. The molecule has 2 aliphatic rings. The van der Waals surface area contributed by atoms with E-state index in [-0.39, 0.29) is 5.91 Å². The molecular formula is C14H26N2O2. The lowest BCUT2D eigenvalue weighted by atomic mass is 9.85. The maximum atomic E-state index is 11.7. The molecule has 104 valence electrons. The van der Waals surface area contributed by atoms with Crippen molar-refractivity contribution < 1.29 is 9.90 Å². The molecule has 1 amide bonds. The molecule has 2 rings (SSSR count). The summed E-state index contributed by atoms with van der Waals surface area (Å²) in [4.78, 5) is 11.7. The van der Waals surface area contributed by atoms with Gasteiger partial charge in [0.2, 0.25) is 5.91 Å². The summed E-state index contributed by atoms with van der Waals surface area (Å²) in [6, 6.07) is 0.522. The second kappa shape index (κ2) is 6.53. The number of nitrogens with one attached hydrogen (secondary N) is 2. The van der Waals surface area contributed by atoms with Crippen molar-refractivity contribution in [3.05, 3.63) is 0 Å². The zero-order chi connectivity index (χ0) is 12.8. The lowest BCUT2D eigenvalue weighted by molar-refractivity contribution is -0.122. The minimum absolute atomic E-state index is 0.0147. The van der Waals surface area contributed by atoms with Crippen LogP contribution >= 0.6 is 0 Å². The summed E-state index contributed by atoms with van der Waals surface area (Å²) in [5.41, 5.74) is -0.652. The van der Waals surface area contributed by atoms with Crippen molar-refractivity contribution in [1.29, 1.82) is 0 Å². The van der Waals surface area contributed by atoms with Crippen LogP contribution in [0.1, 0.15) is 57.8 Å². The highest BCUT2D eigenvalue weighted by atomic mass is 16.3. The van der Waals surface area contributed by atoms with Crippen LogP contribution < -0.4 is 10.6 Å². The highest BCUT2D eigenvalue weighted by molar-refractivity contribution is 5.78. The van der Waals surface area contributed by atoms with E-state index in [9.17, 15) is 9.90 Å². The number of hydrogen-bond acceptors (Lipinski definition) is 3. The summed E-state index contributed by atoms with van der Waals surface area (Å²) in [7, 11) is 0. The SMILES string of the molecule is O=C(CNC1CCCC1)NCC1(O)CCCCC1. The highest BCUT2D eigenvalue weighted by Crippen LogP contribution is 2.27. The Morgan fingerprint density at radius 1 is 1.11 bits per heavy atom. The van der Waals surface area contributed by atoms with E-state index in [0.717, 1.165) is 25.7 Å². The van der Waals surface area contributed by atoms with E-state index in [0.29, 0.717) is 19.1 Å². The average molecular weight is 254 g/mol. The quantitative estimate of drug-likeness (QED) is 0.693. The molecular weight excluding hydrogens is 228 g/mol. The van der Waals surface area contributed by atoms with Crippen LogP contribution in [0.2, 0.25) is 0 Å². The number of amides is 1. The van der Waals surface area contributed by atoms with Gasteiger partial charge in [-0.2, -0.15) is 0 Å². The van der Waals surface area contributed by atoms with Crippen molar-refractivity contribution in [3.63, 3.8) is 0 Å². The van der Waals surface area contributed by atoms with Crippen molar-refractivity contribution in [1.82, 2.24) is 10.6 Å². The Labute approximate surface area is 110 Å². The summed E-state index contributed by atoms with van der Waals surface area (Å²) >= 11 is 0. The van der Waals surface area contributed by atoms with Gasteiger partial charge in [0.15, 0.2) is 0 Å². The molecule has 0 aromatic carbocycles. The fourth-order valence-electron chi connectivity index (χ4n) is 3.08. The topological polar surface area (TPSA) is 61.4 Å². The Bertz CT molecular complexity index is 269. The van der Waals surface area contributed by atoms with E-state index in [1.165, 1.54) is 32.1 Å². The molecule has 0 bridgehead atoms. The highest BCUT2D eigenvalue weighted by Gasteiger charge is 2.29. The van der Waals surface area contributed by atoms with Gasteiger partial charge < -0.3 is 15.7 Å². The minimum atomic E-state index is -0.652. The molecule has 3 N–H and O–H groups in total. The van der Waals surface area contributed by atoms with E-state index in [1.54, 1.807) is 0 Å². The van der Waals surface area contributed by atoms with Gasteiger partial charge in [-0.05, 0) is 25.7 Å². The van der Waals surface area contributed by atoms with Crippen LogP contribution in [0.25, 0.3) is 0 Å². The van der Waals surface area contributed by atoms with Crippen molar-refractivity contribution >= 4 is 5.91 Å². The Hall–Kier alpha value is -0.610. The molecule has 0 aromatic rings. The van der Waals surface area contributed by atoms with Gasteiger partial charge in [0.05, 0.1) is 12.1 Å². The summed E-state index contributed by atoms with van der Waals surface area (Å²) in [6.07, 6.45) is 9.94. The van der Waals surface area contributed by atoms with Gasteiger partial charge in [0, 0.05) is 12.6 Å². The van der Waals surface area contributed by atoms with Gasteiger partial charge in [0.25, 0.3) is 0 Å². The molecule has 0 radical (unpaired) electrons. The summed E-state index contributed by atoms with van der Waals surface area (Å²) in [5.74, 6) is 0.0147. The number of rotatable bonds is 5. The Morgan fingerprint density at radius 2 is 1.78 bits per heavy atom. The number of carbonyl (C=O) groups excluding carboxylic acids is 1. The Balaban J connectivity index is 1.61. The van der Waals surface area contributed by atoms with Crippen LogP contribution in [0.15, 0.2) is 0 Å². The molecule has 4 heteroatoms. The van der Waals surface area contributed by atoms with E-state index in [1.807, 2.05) is 0 Å². The first-order valence-corrected chi connectivity index (χ1v) is 7.40. The normalized spacial score (nSPS) is 24.1. The van der Waals surface area contributed by atoms with Gasteiger partial charge in [-0.3, -0.25) is 4.79 Å². The summed E-state index contributed by atoms with van der Waals surface area (Å²) in [6.45, 7) is 0.804. The maximum absolute atomic E-state index is 11.7. The molecule has 0 spiro atoms. The van der Waals surface area contributed by atoms with Crippen LogP contribution in [0.3, 0.4) is 0 Å². The molecule has 0 saturated heterocycles. The van der Waals surface area contributed by atoms with Gasteiger partial charge >= 0.3 is 0 Å². The van der Waals surface area contributed by atoms with Crippen LogP contribution in [0, 0.1) is 0 Å². The average Bonchev–Trinajstić information content (AvgIpc) is 2.88. The largest absolute Gasteiger partial charge is 0.388 e. The van der Waals surface area contributed by atoms with Gasteiger partial charge in [-0.1, -0.05) is 32.1 Å². The molecule has 2 aliphatic carbocycles. The van der Waals surface area contributed by atoms with Gasteiger partial charge in [-0.25, -0.2) is 0 Å². The third-order valence-corrected chi connectivity index (χ3v) is 4.31. The maximum Gasteiger partial charge on any atom is 0.234 e. The molecule has 2 saturated carbocycles. The van der Waals surface area contributed by atoms with Crippen LogP contribution in [-0.4, -0.2) is 35.7 Å². The molecule has 2 fully saturated rings. The standard InChI is InChI=1S/C14H26N2O2/c17-13(10-15-12-6-2-3-7-12)16-11-14(18)8-4-1-5-9-14/h12,15,18H,1-11H2,(H,16,17). The third kappa shape index (κ3) is 4.25. The van der Waals surface area contributed by atoms with E-state index < -0.39 is 5.60 Å². The number of carbonyl (C=O) groups is 1. The zero-order valence-electron chi connectivity index (χ0n) is 11.2. The first-order valence-electron chi connectivity index (χ1n) is 7.40. The van der Waals surface area contributed by atoms with Gasteiger partial charge in [-0.15, -0.1) is 0 Å². The van der Waals surface area contributed by atoms with E-state index in [4.69, 9.17) is 0 Å². The van der Waals surface area contributed by atoms with Crippen LogP contribution in [-0.2, 0) is 4.79 Å². The van der Waals surface area contributed by atoms with Crippen LogP contribution in [0.5, 0.6) is 0 Å². The fourth-order valence-corrected chi connectivity index (χ4v) is 3.08. The molecule has 18 heavy (non-hydrogen) atoms. The predicted molar refractivity (Wildman–Crippen MR) is 71.3 cm³/mol. The Kier molecular flexibility index (Phi) is 5.01. The molecule has 0 atom stereocenters. The predicted octanol–water partition coefficient (Wildman–Crippen LogP) is 1.33. The van der Waals surface area contributed by atoms with Crippen LogP contribution in [0.4, 0.5) is 0 Å². The molecule has 0 unspecified atom stereocenters. The lowest BCUT2D eigenvalue weighted by Crippen LogP contribution is -2.47. The molecule has 4 nitrogen and oxygen atoms in total. The van der Waals surface area contributed by atoms with Gasteiger partial charge in [0.1, 0.15) is 0 Å². The second-order valence-electron chi connectivity index (χ2n) is 5.92. The monoisotopic (exact) mass is 254 g/mol. The first-order chi connectivity index (χ1) is 8.68. The van der Waals surface area contributed by atoms with E-state index in [2.05, 4.69) is 10.6 Å². The van der Waals surface area contributed by atoms with E-state index >= 15 is 0 Å². The third-order valence-electron chi connectivity index (χ3n) is 4.31. The second-order valence-corrected chi connectivity index (χ2v) is 5.92. The number of hydrogen-bond donors (Lipinski definition) is 3. The minimum Gasteiger partial charge on any atom is -0.388 e. The first kappa shape index (κ1) is 13.8. The molecule has 0 aromatic heterocycles. The van der Waals surface area contributed by atoms with Crippen molar-refractivity contribution in [3.8, 4) is 0 Å². The summed E-state index contributed by atoms with van der Waals surface area (Å²) < 4.78 is 0. The molecule has 0 aliphatic heterocycles. The lowest BCUT2D eigenvalue weighted by Gasteiger charge is -2.32. The summed E-state index contributed by atoms with van der Waals surface area (Å²) in [5, 5.41) is 16.4. The van der Waals surface area contributed by atoms with Crippen molar-refractivity contribution in [2.75, 3.05) is 13.1 Å². The molecule has 0 heterocycles.